The van der Waals surface area contributed by atoms with Gasteiger partial charge in [-0.25, -0.2) is 4.39 Å². The topological polar surface area (TPSA) is 20.2 Å². The molecule has 0 amide bonds. The lowest BCUT2D eigenvalue weighted by Gasteiger charge is -2.02. The number of thiophene rings is 1. The summed E-state index contributed by atoms with van der Waals surface area (Å²) in [7, 11) is 0. The molecule has 0 radical (unpaired) electrons. The molecule has 0 aliphatic carbocycles. The van der Waals surface area contributed by atoms with Gasteiger partial charge in [-0.1, -0.05) is 11.6 Å². The standard InChI is InChI=1S/C10H6ClFOS/c11-8-3-4-14-10(8)7-2-1-6(12)5-9(7)13/h1-5,13H. The van der Waals surface area contributed by atoms with E-state index in [0.29, 0.717) is 10.6 Å². The molecule has 0 aliphatic heterocycles. The normalized spacial score (nSPS) is 10.4. The van der Waals surface area contributed by atoms with Crippen molar-refractivity contribution >= 4 is 22.9 Å². The average molecular weight is 229 g/mol. The molecular weight excluding hydrogens is 223 g/mol. The molecule has 0 saturated heterocycles. The van der Waals surface area contributed by atoms with Gasteiger partial charge in [-0.3, -0.25) is 0 Å². The number of hydrogen-bond acceptors (Lipinski definition) is 2. The Balaban J connectivity index is 2.58. The van der Waals surface area contributed by atoms with Crippen LogP contribution in [0.4, 0.5) is 4.39 Å². The second kappa shape index (κ2) is 3.59. The minimum atomic E-state index is -0.459. The lowest BCUT2D eigenvalue weighted by Crippen LogP contribution is -1.78. The Morgan fingerprint density at radius 1 is 1.29 bits per heavy atom. The van der Waals surface area contributed by atoms with Crippen LogP contribution >= 0.6 is 22.9 Å². The highest BCUT2D eigenvalue weighted by atomic mass is 35.5. The SMILES string of the molecule is Oc1cc(F)ccc1-c1sccc1Cl. The highest BCUT2D eigenvalue weighted by Gasteiger charge is 2.09. The van der Waals surface area contributed by atoms with Crippen molar-refractivity contribution in [2.45, 2.75) is 0 Å². The summed E-state index contributed by atoms with van der Waals surface area (Å²) in [6, 6.07) is 5.63. The third kappa shape index (κ3) is 1.61. The smallest absolute Gasteiger partial charge is 0.127 e. The van der Waals surface area contributed by atoms with E-state index in [9.17, 15) is 9.50 Å². The Bertz CT molecular complexity index is 467. The third-order valence-electron chi connectivity index (χ3n) is 1.82. The van der Waals surface area contributed by atoms with E-state index >= 15 is 0 Å². The van der Waals surface area contributed by atoms with Crippen molar-refractivity contribution in [2.24, 2.45) is 0 Å². The maximum atomic E-state index is 12.7. The fraction of sp³-hybridized carbons (Fsp3) is 0. The van der Waals surface area contributed by atoms with E-state index in [1.807, 2.05) is 5.38 Å². The van der Waals surface area contributed by atoms with Crippen LogP contribution in [0.2, 0.25) is 5.02 Å². The molecule has 14 heavy (non-hydrogen) atoms. The van der Waals surface area contributed by atoms with Crippen molar-refractivity contribution < 1.29 is 9.50 Å². The molecule has 1 nitrogen and oxygen atoms in total. The van der Waals surface area contributed by atoms with Crippen LogP contribution in [0.1, 0.15) is 0 Å². The zero-order valence-electron chi connectivity index (χ0n) is 7.00. The molecule has 72 valence electrons. The van der Waals surface area contributed by atoms with Gasteiger partial charge in [-0.05, 0) is 23.6 Å². The van der Waals surface area contributed by atoms with Crippen LogP contribution in [0.5, 0.6) is 5.75 Å². The molecule has 0 unspecified atom stereocenters. The Labute approximate surface area is 89.4 Å². The molecule has 1 N–H and O–H groups in total. The summed E-state index contributed by atoms with van der Waals surface area (Å²) >= 11 is 7.30. The van der Waals surface area contributed by atoms with Crippen LogP contribution in [-0.2, 0) is 0 Å². The fourth-order valence-corrected chi connectivity index (χ4v) is 2.38. The quantitative estimate of drug-likeness (QED) is 0.785. The first-order chi connectivity index (χ1) is 6.68. The number of benzene rings is 1. The van der Waals surface area contributed by atoms with Crippen molar-refractivity contribution in [2.75, 3.05) is 0 Å². The number of phenols is 1. The van der Waals surface area contributed by atoms with Crippen molar-refractivity contribution in [1.82, 2.24) is 0 Å². The minimum Gasteiger partial charge on any atom is -0.507 e. The van der Waals surface area contributed by atoms with Crippen LogP contribution in [0, 0.1) is 5.82 Å². The Morgan fingerprint density at radius 2 is 2.07 bits per heavy atom. The van der Waals surface area contributed by atoms with Gasteiger partial charge in [0.2, 0.25) is 0 Å². The van der Waals surface area contributed by atoms with Crippen LogP contribution in [-0.4, -0.2) is 5.11 Å². The lowest BCUT2D eigenvalue weighted by molar-refractivity contribution is 0.471. The minimum absolute atomic E-state index is 0.0886. The number of hydrogen-bond donors (Lipinski definition) is 1. The number of phenolic OH excluding ortho intramolecular Hbond substituents is 1. The van der Waals surface area contributed by atoms with E-state index in [4.69, 9.17) is 11.6 Å². The van der Waals surface area contributed by atoms with Crippen molar-refractivity contribution in [3.05, 3.63) is 40.5 Å². The van der Waals surface area contributed by atoms with Crippen molar-refractivity contribution in [1.29, 1.82) is 0 Å². The molecule has 0 spiro atoms. The van der Waals surface area contributed by atoms with E-state index in [-0.39, 0.29) is 5.75 Å². The zero-order valence-corrected chi connectivity index (χ0v) is 8.57. The van der Waals surface area contributed by atoms with Crippen molar-refractivity contribution in [3.63, 3.8) is 0 Å². The van der Waals surface area contributed by atoms with Gasteiger partial charge in [0, 0.05) is 11.6 Å². The van der Waals surface area contributed by atoms with E-state index in [0.717, 1.165) is 10.9 Å². The van der Waals surface area contributed by atoms with Crippen LogP contribution in [0.25, 0.3) is 10.4 Å². The summed E-state index contributed by atoms with van der Waals surface area (Å²) in [4.78, 5) is 0.754. The van der Waals surface area contributed by atoms with Gasteiger partial charge in [0.1, 0.15) is 11.6 Å². The van der Waals surface area contributed by atoms with Gasteiger partial charge < -0.3 is 5.11 Å². The molecule has 1 heterocycles. The average Bonchev–Trinajstić information content (AvgIpc) is 2.52. The molecule has 0 fully saturated rings. The lowest BCUT2D eigenvalue weighted by atomic mass is 10.1. The largest absolute Gasteiger partial charge is 0.507 e. The number of aromatic hydroxyl groups is 1. The van der Waals surface area contributed by atoms with Gasteiger partial charge in [0.25, 0.3) is 0 Å². The van der Waals surface area contributed by atoms with E-state index < -0.39 is 5.82 Å². The predicted octanol–water partition coefficient (Wildman–Crippen LogP) is 3.91. The Kier molecular flexibility index (Phi) is 2.44. The summed E-state index contributed by atoms with van der Waals surface area (Å²) in [6.45, 7) is 0. The molecule has 1 aromatic heterocycles. The van der Waals surface area contributed by atoms with Crippen molar-refractivity contribution in [3.8, 4) is 16.2 Å². The van der Waals surface area contributed by atoms with Gasteiger partial charge >= 0.3 is 0 Å². The fourth-order valence-electron chi connectivity index (χ4n) is 1.18. The summed E-state index contributed by atoms with van der Waals surface area (Å²) < 4.78 is 12.7. The molecule has 0 saturated carbocycles. The maximum absolute atomic E-state index is 12.7. The second-order valence-electron chi connectivity index (χ2n) is 2.76. The summed E-state index contributed by atoms with van der Waals surface area (Å²) in [5.74, 6) is -0.548. The molecule has 1 aromatic carbocycles. The third-order valence-corrected chi connectivity index (χ3v) is 3.20. The molecule has 4 heteroatoms. The summed E-state index contributed by atoms with van der Waals surface area (Å²) in [5.41, 5.74) is 0.561. The van der Waals surface area contributed by atoms with Gasteiger partial charge in [-0.2, -0.15) is 0 Å². The van der Waals surface area contributed by atoms with Gasteiger partial charge in [-0.15, -0.1) is 11.3 Å². The Hall–Kier alpha value is -1.06. The molecule has 0 bridgehead atoms. The summed E-state index contributed by atoms with van der Waals surface area (Å²) in [5, 5.41) is 11.9. The molecular formula is C10H6ClFOS. The molecule has 0 aliphatic rings. The van der Waals surface area contributed by atoms with Crippen LogP contribution < -0.4 is 0 Å². The predicted molar refractivity (Wildman–Crippen MR) is 56.4 cm³/mol. The van der Waals surface area contributed by atoms with E-state index in [1.54, 1.807) is 6.07 Å². The first kappa shape index (κ1) is 9.49. The van der Waals surface area contributed by atoms with E-state index in [1.165, 1.54) is 23.5 Å². The zero-order chi connectivity index (χ0) is 10.1. The van der Waals surface area contributed by atoms with Gasteiger partial charge in [0.15, 0.2) is 0 Å². The van der Waals surface area contributed by atoms with Crippen LogP contribution in [0.15, 0.2) is 29.6 Å². The highest BCUT2D eigenvalue weighted by molar-refractivity contribution is 7.14. The molecule has 2 aromatic rings. The number of halogens is 2. The monoisotopic (exact) mass is 228 g/mol. The number of rotatable bonds is 1. The molecule has 0 atom stereocenters. The highest BCUT2D eigenvalue weighted by Crippen LogP contribution is 2.38. The molecule has 2 rings (SSSR count). The maximum Gasteiger partial charge on any atom is 0.127 e. The van der Waals surface area contributed by atoms with E-state index in [2.05, 4.69) is 0 Å². The summed E-state index contributed by atoms with van der Waals surface area (Å²) in [6.07, 6.45) is 0. The van der Waals surface area contributed by atoms with Crippen LogP contribution in [0.3, 0.4) is 0 Å². The first-order valence-corrected chi connectivity index (χ1v) is 5.16. The first-order valence-electron chi connectivity index (χ1n) is 3.90. The second-order valence-corrected chi connectivity index (χ2v) is 4.08. The van der Waals surface area contributed by atoms with Gasteiger partial charge in [0.05, 0.1) is 9.90 Å². The Morgan fingerprint density at radius 3 is 2.64 bits per heavy atom.